The Hall–Kier alpha value is -4.27. The molecule has 5 aromatic rings. The van der Waals surface area contributed by atoms with Gasteiger partial charge >= 0.3 is 5.97 Å². The summed E-state index contributed by atoms with van der Waals surface area (Å²) in [5.74, 6) is 0.300. The molecule has 1 aliphatic rings. The van der Waals surface area contributed by atoms with Crippen LogP contribution in [0.3, 0.4) is 0 Å². The van der Waals surface area contributed by atoms with Gasteiger partial charge in [0.2, 0.25) is 0 Å². The molecule has 0 bridgehead atoms. The summed E-state index contributed by atoms with van der Waals surface area (Å²) < 4.78 is 13.6. The van der Waals surface area contributed by atoms with Crippen LogP contribution in [0.15, 0.2) is 105 Å². The Balaban J connectivity index is 1.29. The second-order valence-corrected chi connectivity index (χ2v) is 11.3. The van der Waals surface area contributed by atoms with Crippen molar-refractivity contribution in [1.29, 1.82) is 0 Å². The van der Waals surface area contributed by atoms with Crippen LogP contribution in [0.25, 0.3) is 16.8 Å². The van der Waals surface area contributed by atoms with Crippen LogP contribution in [0.4, 0.5) is 0 Å². The first-order valence-corrected chi connectivity index (χ1v) is 14.7. The quantitative estimate of drug-likeness (QED) is 0.241. The number of allylic oxidation sites excluding steroid dienone is 1. The van der Waals surface area contributed by atoms with Crippen molar-refractivity contribution in [3.63, 3.8) is 0 Å². The maximum Gasteiger partial charge on any atom is 0.338 e. The van der Waals surface area contributed by atoms with Crippen molar-refractivity contribution in [2.45, 2.75) is 26.5 Å². The van der Waals surface area contributed by atoms with Crippen molar-refractivity contribution in [3.8, 4) is 5.75 Å². The SMILES string of the molecule is CCOC(=O)C1=C(C)N=c2s/c(=C/c3ccc(OCc4cccc5ccccc45)cc3)c(=O)n2[C@@H]1c1cccs1. The van der Waals surface area contributed by atoms with Gasteiger partial charge in [-0.1, -0.05) is 72.0 Å². The fourth-order valence-corrected chi connectivity index (χ4v) is 6.77. The van der Waals surface area contributed by atoms with Crippen LogP contribution in [0.1, 0.15) is 35.9 Å². The monoisotopic (exact) mass is 566 g/mol. The first kappa shape index (κ1) is 26.0. The minimum atomic E-state index is -0.567. The lowest BCUT2D eigenvalue weighted by atomic mass is 10.0. The summed E-state index contributed by atoms with van der Waals surface area (Å²) >= 11 is 2.82. The summed E-state index contributed by atoms with van der Waals surface area (Å²) in [4.78, 5) is 32.7. The molecule has 1 atom stereocenters. The van der Waals surface area contributed by atoms with Gasteiger partial charge in [-0.05, 0) is 65.4 Å². The Morgan fingerprint density at radius 1 is 1.02 bits per heavy atom. The number of aromatic nitrogens is 1. The lowest BCUT2D eigenvalue weighted by molar-refractivity contribution is -0.139. The number of carbonyl (C=O) groups is 1. The van der Waals surface area contributed by atoms with E-state index in [-0.39, 0.29) is 12.2 Å². The van der Waals surface area contributed by atoms with Gasteiger partial charge in [-0.3, -0.25) is 9.36 Å². The summed E-state index contributed by atoms with van der Waals surface area (Å²) in [5, 5.41) is 4.30. The van der Waals surface area contributed by atoms with Crippen molar-refractivity contribution in [2.24, 2.45) is 4.99 Å². The zero-order valence-corrected chi connectivity index (χ0v) is 23.6. The molecule has 0 saturated carbocycles. The predicted octanol–water partition coefficient (Wildman–Crippen LogP) is 5.59. The van der Waals surface area contributed by atoms with Crippen LogP contribution >= 0.6 is 22.7 Å². The highest BCUT2D eigenvalue weighted by molar-refractivity contribution is 7.10. The van der Waals surface area contributed by atoms with E-state index in [0.29, 0.717) is 27.2 Å². The Kier molecular flexibility index (Phi) is 7.19. The number of fused-ring (bicyclic) bond motifs is 2. The number of ether oxygens (including phenoxy) is 2. The summed E-state index contributed by atoms with van der Waals surface area (Å²) in [6.45, 7) is 4.27. The number of benzene rings is 3. The van der Waals surface area contributed by atoms with E-state index in [4.69, 9.17) is 9.47 Å². The Morgan fingerprint density at radius 3 is 2.60 bits per heavy atom. The third kappa shape index (κ3) is 4.92. The van der Waals surface area contributed by atoms with E-state index in [2.05, 4.69) is 29.3 Å². The molecule has 0 spiro atoms. The number of thiophene rings is 1. The Labute approximate surface area is 238 Å². The molecular formula is C32H26N2O4S2. The molecule has 6 rings (SSSR count). The van der Waals surface area contributed by atoms with Crippen molar-refractivity contribution < 1.29 is 14.3 Å². The molecule has 0 fully saturated rings. The molecule has 0 N–H and O–H groups in total. The molecule has 0 aliphatic carbocycles. The third-order valence-corrected chi connectivity index (χ3v) is 8.69. The van der Waals surface area contributed by atoms with Gasteiger partial charge in [-0.25, -0.2) is 9.79 Å². The molecule has 3 aromatic carbocycles. The highest BCUT2D eigenvalue weighted by Gasteiger charge is 2.33. The van der Waals surface area contributed by atoms with Gasteiger partial charge in [0.05, 0.1) is 22.4 Å². The first-order valence-electron chi connectivity index (χ1n) is 13.0. The maximum atomic E-state index is 13.7. The zero-order valence-electron chi connectivity index (χ0n) is 22.0. The number of esters is 1. The molecule has 0 saturated heterocycles. The Morgan fingerprint density at radius 2 is 1.82 bits per heavy atom. The number of hydrogen-bond acceptors (Lipinski definition) is 7. The summed E-state index contributed by atoms with van der Waals surface area (Å²) in [5.41, 5.74) is 2.78. The highest BCUT2D eigenvalue weighted by Crippen LogP contribution is 2.33. The molecule has 0 radical (unpaired) electrons. The van der Waals surface area contributed by atoms with Crippen molar-refractivity contribution in [3.05, 3.63) is 131 Å². The molecule has 1 aliphatic heterocycles. The number of carbonyl (C=O) groups excluding carboxylic acids is 1. The lowest BCUT2D eigenvalue weighted by Crippen LogP contribution is -2.39. The average molecular weight is 567 g/mol. The van der Waals surface area contributed by atoms with E-state index in [1.807, 2.05) is 66.1 Å². The van der Waals surface area contributed by atoms with Crippen LogP contribution in [-0.4, -0.2) is 17.1 Å². The van der Waals surface area contributed by atoms with E-state index in [0.717, 1.165) is 21.8 Å². The van der Waals surface area contributed by atoms with Gasteiger partial charge in [0, 0.05) is 4.88 Å². The van der Waals surface area contributed by atoms with Crippen molar-refractivity contribution >= 4 is 45.5 Å². The first-order chi connectivity index (χ1) is 19.5. The zero-order chi connectivity index (χ0) is 27.6. The van der Waals surface area contributed by atoms with Crippen molar-refractivity contribution in [2.75, 3.05) is 6.61 Å². The number of rotatable bonds is 7. The minimum Gasteiger partial charge on any atom is -0.489 e. The molecule has 0 unspecified atom stereocenters. The van der Waals surface area contributed by atoms with E-state index in [1.54, 1.807) is 18.4 Å². The maximum absolute atomic E-state index is 13.7. The summed E-state index contributed by atoms with van der Waals surface area (Å²) in [6, 6.07) is 25.4. The number of nitrogens with zero attached hydrogens (tertiary/aromatic N) is 2. The number of hydrogen-bond donors (Lipinski definition) is 0. The van der Waals surface area contributed by atoms with E-state index < -0.39 is 12.0 Å². The van der Waals surface area contributed by atoms with Crippen LogP contribution < -0.4 is 19.6 Å². The van der Waals surface area contributed by atoms with Crippen LogP contribution in [0.2, 0.25) is 0 Å². The van der Waals surface area contributed by atoms with Crippen LogP contribution in [0.5, 0.6) is 5.75 Å². The molecular weight excluding hydrogens is 540 g/mol. The van der Waals surface area contributed by atoms with Gasteiger partial charge in [0.25, 0.3) is 5.56 Å². The van der Waals surface area contributed by atoms with Crippen LogP contribution in [0, 0.1) is 0 Å². The van der Waals surface area contributed by atoms with Crippen LogP contribution in [-0.2, 0) is 16.1 Å². The van der Waals surface area contributed by atoms with Gasteiger partial charge in [0.1, 0.15) is 18.4 Å². The fourth-order valence-electron chi connectivity index (χ4n) is 4.90. The molecule has 3 heterocycles. The second kappa shape index (κ2) is 11.1. The normalized spacial score (nSPS) is 15.2. The van der Waals surface area contributed by atoms with E-state index in [9.17, 15) is 9.59 Å². The molecule has 0 amide bonds. The molecule has 200 valence electrons. The standard InChI is InChI=1S/C32H26N2O4S2/c1-3-37-31(36)28-20(2)33-32-34(29(28)26-12-7-17-39-26)30(35)27(40-32)18-21-13-15-24(16-14-21)38-19-23-10-6-9-22-8-4-5-11-25(22)23/h4-18,29H,3,19H2,1-2H3/b27-18+/t29-/m1/s1. The van der Waals surface area contributed by atoms with Gasteiger partial charge in [0.15, 0.2) is 4.80 Å². The molecule has 8 heteroatoms. The summed E-state index contributed by atoms with van der Waals surface area (Å²) in [7, 11) is 0. The minimum absolute atomic E-state index is 0.187. The topological polar surface area (TPSA) is 69.9 Å². The fraction of sp³-hybridized carbons (Fsp3) is 0.156. The molecule has 6 nitrogen and oxygen atoms in total. The molecule has 2 aromatic heterocycles. The highest BCUT2D eigenvalue weighted by atomic mass is 32.1. The third-order valence-electron chi connectivity index (χ3n) is 6.78. The lowest BCUT2D eigenvalue weighted by Gasteiger charge is -2.23. The van der Waals surface area contributed by atoms with E-state index >= 15 is 0 Å². The van der Waals surface area contributed by atoms with Crippen molar-refractivity contribution in [1.82, 2.24) is 4.57 Å². The largest absolute Gasteiger partial charge is 0.489 e. The number of thiazole rings is 1. The average Bonchev–Trinajstić information content (AvgIpc) is 3.60. The van der Waals surface area contributed by atoms with Gasteiger partial charge in [-0.2, -0.15) is 0 Å². The second-order valence-electron chi connectivity index (χ2n) is 9.31. The van der Waals surface area contributed by atoms with E-state index in [1.165, 1.54) is 33.4 Å². The summed E-state index contributed by atoms with van der Waals surface area (Å²) in [6.07, 6.45) is 1.85. The van der Waals surface area contributed by atoms with Gasteiger partial charge < -0.3 is 9.47 Å². The Bertz CT molecular complexity index is 1910. The predicted molar refractivity (Wildman–Crippen MR) is 159 cm³/mol. The van der Waals surface area contributed by atoms with Gasteiger partial charge in [-0.15, -0.1) is 11.3 Å². The smallest absolute Gasteiger partial charge is 0.338 e. The molecule has 40 heavy (non-hydrogen) atoms.